The van der Waals surface area contributed by atoms with E-state index in [2.05, 4.69) is 30.6 Å². The standard InChI is InChI=1S/C18H17N9O2/c19-17-14(27(28)29)3-4-15(25-17)21-6-7-23-18-24-13(12-2-1-5-20-11-12)10-16-22-8-9-26(16)18/h1-5,8-11H,6-7H2,(H,23,24)(H3,19,21,25). The molecule has 0 aliphatic carbocycles. The number of nitro groups is 1. The number of nitrogens with zero attached hydrogens (tertiary/aromatic N) is 6. The third kappa shape index (κ3) is 3.88. The predicted molar refractivity (Wildman–Crippen MR) is 109 cm³/mol. The maximum Gasteiger partial charge on any atom is 0.311 e. The van der Waals surface area contributed by atoms with E-state index in [0.29, 0.717) is 24.9 Å². The minimum Gasteiger partial charge on any atom is -0.378 e. The van der Waals surface area contributed by atoms with Gasteiger partial charge in [0.15, 0.2) is 0 Å². The summed E-state index contributed by atoms with van der Waals surface area (Å²) in [4.78, 5) is 27.4. The van der Waals surface area contributed by atoms with E-state index in [1.54, 1.807) is 18.6 Å². The van der Waals surface area contributed by atoms with Crippen LogP contribution in [0.3, 0.4) is 0 Å². The highest BCUT2D eigenvalue weighted by Gasteiger charge is 2.12. The number of pyridine rings is 2. The summed E-state index contributed by atoms with van der Waals surface area (Å²) in [6.45, 7) is 1.02. The Hall–Kier alpha value is -4.28. The van der Waals surface area contributed by atoms with Crippen molar-refractivity contribution in [3.8, 4) is 11.3 Å². The number of anilines is 3. The molecular weight excluding hydrogens is 374 g/mol. The molecule has 11 nitrogen and oxygen atoms in total. The minimum atomic E-state index is -0.565. The number of hydrogen-bond donors (Lipinski definition) is 3. The van der Waals surface area contributed by atoms with Crippen LogP contribution in [-0.4, -0.2) is 42.3 Å². The molecule has 0 saturated heterocycles. The molecule has 0 spiro atoms. The fraction of sp³-hybridized carbons (Fsp3) is 0.111. The van der Waals surface area contributed by atoms with Crippen LogP contribution < -0.4 is 16.4 Å². The Morgan fingerprint density at radius 1 is 1.14 bits per heavy atom. The van der Waals surface area contributed by atoms with E-state index in [-0.39, 0.29) is 11.5 Å². The lowest BCUT2D eigenvalue weighted by Gasteiger charge is -2.11. The van der Waals surface area contributed by atoms with Crippen molar-refractivity contribution in [2.45, 2.75) is 0 Å². The number of imidazole rings is 1. The van der Waals surface area contributed by atoms with E-state index >= 15 is 0 Å². The number of rotatable bonds is 7. The van der Waals surface area contributed by atoms with Gasteiger partial charge in [-0.1, -0.05) is 0 Å². The Balaban J connectivity index is 1.45. The molecule has 0 saturated carbocycles. The number of aromatic nitrogens is 5. The van der Waals surface area contributed by atoms with Gasteiger partial charge in [-0.05, 0) is 18.2 Å². The summed E-state index contributed by atoms with van der Waals surface area (Å²) < 4.78 is 1.85. The van der Waals surface area contributed by atoms with Gasteiger partial charge in [-0.3, -0.25) is 19.5 Å². The van der Waals surface area contributed by atoms with Gasteiger partial charge in [0.25, 0.3) is 0 Å². The quantitative estimate of drug-likeness (QED) is 0.245. The van der Waals surface area contributed by atoms with E-state index in [4.69, 9.17) is 5.73 Å². The second-order valence-corrected chi connectivity index (χ2v) is 6.07. The molecule has 146 valence electrons. The lowest BCUT2D eigenvalue weighted by Crippen LogP contribution is -2.17. The third-order valence-electron chi connectivity index (χ3n) is 4.16. The van der Waals surface area contributed by atoms with Gasteiger partial charge in [-0.2, -0.15) is 0 Å². The molecule has 0 bridgehead atoms. The molecular formula is C18H17N9O2. The molecule has 4 N–H and O–H groups in total. The average Bonchev–Trinajstić information content (AvgIpc) is 3.20. The molecule has 0 aliphatic rings. The van der Waals surface area contributed by atoms with Crippen LogP contribution in [0.5, 0.6) is 0 Å². The van der Waals surface area contributed by atoms with Crippen LogP contribution in [0.1, 0.15) is 0 Å². The number of nitrogens with one attached hydrogen (secondary N) is 2. The topological polar surface area (TPSA) is 149 Å². The minimum absolute atomic E-state index is 0.126. The molecule has 29 heavy (non-hydrogen) atoms. The van der Waals surface area contributed by atoms with Crippen LogP contribution in [0.4, 0.5) is 23.3 Å². The zero-order chi connectivity index (χ0) is 20.2. The Morgan fingerprint density at radius 2 is 2.00 bits per heavy atom. The summed E-state index contributed by atoms with van der Waals surface area (Å²) in [7, 11) is 0. The third-order valence-corrected chi connectivity index (χ3v) is 4.16. The zero-order valence-corrected chi connectivity index (χ0v) is 15.2. The second-order valence-electron chi connectivity index (χ2n) is 6.07. The van der Waals surface area contributed by atoms with Crippen molar-refractivity contribution in [2.75, 3.05) is 29.5 Å². The van der Waals surface area contributed by atoms with Gasteiger partial charge in [-0.15, -0.1) is 0 Å². The molecule has 0 fully saturated rings. The lowest BCUT2D eigenvalue weighted by molar-refractivity contribution is -0.384. The molecule has 0 unspecified atom stereocenters. The molecule has 0 atom stereocenters. The maximum atomic E-state index is 10.8. The predicted octanol–water partition coefficient (Wildman–Crippen LogP) is 2.20. The SMILES string of the molecule is Nc1nc(NCCNc2nc(-c3cccnc3)cc3nccn23)ccc1[N+](=O)[O-]. The Kier molecular flexibility index (Phi) is 4.84. The van der Waals surface area contributed by atoms with Crippen LogP contribution in [0.2, 0.25) is 0 Å². The second kappa shape index (κ2) is 7.76. The van der Waals surface area contributed by atoms with Gasteiger partial charge in [-0.25, -0.2) is 15.0 Å². The molecule has 0 amide bonds. The van der Waals surface area contributed by atoms with E-state index in [9.17, 15) is 10.1 Å². The van der Waals surface area contributed by atoms with E-state index in [1.807, 2.05) is 28.8 Å². The molecule has 11 heteroatoms. The Labute approximate surface area is 164 Å². The van der Waals surface area contributed by atoms with Gasteiger partial charge in [0.05, 0.1) is 10.6 Å². The Morgan fingerprint density at radius 3 is 2.76 bits per heavy atom. The first-order chi connectivity index (χ1) is 14.1. The first-order valence-electron chi connectivity index (χ1n) is 8.75. The largest absolute Gasteiger partial charge is 0.378 e. The summed E-state index contributed by atoms with van der Waals surface area (Å²) in [5.74, 6) is 0.968. The fourth-order valence-electron chi connectivity index (χ4n) is 2.80. The highest BCUT2D eigenvalue weighted by atomic mass is 16.6. The zero-order valence-electron chi connectivity index (χ0n) is 15.2. The van der Waals surface area contributed by atoms with Gasteiger partial charge in [0.1, 0.15) is 11.5 Å². The molecule has 4 aromatic rings. The summed E-state index contributed by atoms with van der Waals surface area (Å²) in [6.07, 6.45) is 6.99. The van der Waals surface area contributed by atoms with Crippen molar-refractivity contribution < 1.29 is 4.92 Å². The van der Waals surface area contributed by atoms with Gasteiger partial charge < -0.3 is 16.4 Å². The van der Waals surface area contributed by atoms with E-state index < -0.39 is 4.92 Å². The van der Waals surface area contributed by atoms with E-state index in [0.717, 1.165) is 16.9 Å². The van der Waals surface area contributed by atoms with Crippen molar-refractivity contribution in [2.24, 2.45) is 0 Å². The van der Waals surface area contributed by atoms with Crippen LogP contribution in [-0.2, 0) is 0 Å². The maximum absolute atomic E-state index is 10.8. The molecule has 0 aliphatic heterocycles. The number of nitrogens with two attached hydrogens (primary N) is 1. The monoisotopic (exact) mass is 391 g/mol. The van der Waals surface area contributed by atoms with Crippen LogP contribution in [0.25, 0.3) is 16.9 Å². The lowest BCUT2D eigenvalue weighted by atomic mass is 10.2. The fourth-order valence-corrected chi connectivity index (χ4v) is 2.80. The van der Waals surface area contributed by atoms with Crippen molar-refractivity contribution in [1.82, 2.24) is 24.3 Å². The first kappa shape index (κ1) is 18.1. The Bertz CT molecular complexity index is 1160. The first-order valence-corrected chi connectivity index (χ1v) is 8.75. The molecule has 0 aromatic carbocycles. The van der Waals surface area contributed by atoms with Gasteiger partial charge in [0, 0.05) is 55.6 Å². The van der Waals surface area contributed by atoms with Crippen molar-refractivity contribution in [3.05, 3.63) is 65.2 Å². The van der Waals surface area contributed by atoms with Crippen molar-refractivity contribution in [1.29, 1.82) is 0 Å². The van der Waals surface area contributed by atoms with Crippen LogP contribution in [0, 0.1) is 10.1 Å². The summed E-state index contributed by atoms with van der Waals surface area (Å²) >= 11 is 0. The molecule has 0 radical (unpaired) electrons. The summed E-state index contributed by atoms with van der Waals surface area (Å²) in [5.41, 5.74) is 7.81. The number of nitrogen functional groups attached to an aromatic ring is 1. The summed E-state index contributed by atoms with van der Waals surface area (Å²) in [6, 6.07) is 8.53. The average molecular weight is 391 g/mol. The van der Waals surface area contributed by atoms with Crippen LogP contribution in [0.15, 0.2) is 55.1 Å². The van der Waals surface area contributed by atoms with Crippen LogP contribution >= 0.6 is 0 Å². The highest BCUT2D eigenvalue weighted by Crippen LogP contribution is 2.21. The van der Waals surface area contributed by atoms with Gasteiger partial charge >= 0.3 is 5.69 Å². The summed E-state index contributed by atoms with van der Waals surface area (Å²) in [5, 5.41) is 17.1. The van der Waals surface area contributed by atoms with E-state index in [1.165, 1.54) is 12.1 Å². The molecule has 4 aromatic heterocycles. The van der Waals surface area contributed by atoms with Crippen molar-refractivity contribution >= 4 is 28.9 Å². The molecule has 4 rings (SSSR count). The molecule has 4 heterocycles. The number of fused-ring (bicyclic) bond motifs is 1. The normalized spacial score (nSPS) is 10.8. The highest BCUT2D eigenvalue weighted by molar-refractivity contribution is 5.65. The van der Waals surface area contributed by atoms with Crippen molar-refractivity contribution in [3.63, 3.8) is 0 Å². The smallest absolute Gasteiger partial charge is 0.311 e. The van der Waals surface area contributed by atoms with Gasteiger partial charge in [0.2, 0.25) is 11.8 Å². The number of hydrogen-bond acceptors (Lipinski definition) is 9.